The van der Waals surface area contributed by atoms with Gasteiger partial charge in [-0.2, -0.15) is 5.10 Å². The summed E-state index contributed by atoms with van der Waals surface area (Å²) in [5.41, 5.74) is 0.838. The number of para-hydroxylation sites is 1. The Balaban J connectivity index is 2.31. The number of carboxylic acid groups (broad SMARTS) is 1. The van der Waals surface area contributed by atoms with Gasteiger partial charge in [0.1, 0.15) is 6.04 Å². The van der Waals surface area contributed by atoms with Gasteiger partial charge in [0.05, 0.1) is 18.5 Å². The summed E-state index contributed by atoms with van der Waals surface area (Å²) in [5.74, 6) is -1.10. The number of hydrogen-bond donors (Lipinski definition) is 2. The summed E-state index contributed by atoms with van der Waals surface area (Å²) >= 11 is 0. The van der Waals surface area contributed by atoms with Gasteiger partial charge in [0, 0.05) is 0 Å². The molecule has 1 aromatic heterocycles. The minimum absolute atomic E-state index is 0.0626. The van der Waals surface area contributed by atoms with Crippen LogP contribution in [0.4, 0.5) is 0 Å². The molecule has 1 atom stereocenters. The number of nitrogens with one attached hydrogen (secondary N) is 1. The van der Waals surface area contributed by atoms with E-state index in [9.17, 15) is 9.59 Å². The number of carbonyl (C=O) groups excluding carboxylic acids is 1. The molecule has 2 aromatic rings. The summed E-state index contributed by atoms with van der Waals surface area (Å²) in [4.78, 5) is 23.3. The molecule has 0 saturated carbocycles. The van der Waals surface area contributed by atoms with Crippen LogP contribution in [0.15, 0.2) is 36.5 Å². The molecule has 0 aliphatic heterocycles. The van der Waals surface area contributed by atoms with Crippen LogP contribution in [-0.4, -0.2) is 39.4 Å². The molecule has 1 heterocycles. The number of aliphatic carboxylic acids is 1. The van der Waals surface area contributed by atoms with E-state index in [-0.39, 0.29) is 11.6 Å². The van der Waals surface area contributed by atoms with Crippen molar-refractivity contribution in [3.8, 4) is 11.4 Å². The second-order valence-corrected chi connectivity index (χ2v) is 5.86. The van der Waals surface area contributed by atoms with Crippen molar-refractivity contribution in [1.29, 1.82) is 0 Å². The van der Waals surface area contributed by atoms with Gasteiger partial charge >= 0.3 is 5.97 Å². The predicted octanol–water partition coefficient (Wildman–Crippen LogP) is 2.11. The van der Waals surface area contributed by atoms with Gasteiger partial charge in [-0.3, -0.25) is 9.59 Å². The minimum Gasteiger partial charge on any atom is -0.489 e. The molecule has 2 N–H and O–H groups in total. The Labute approximate surface area is 140 Å². The summed E-state index contributed by atoms with van der Waals surface area (Å²) in [6, 6.07) is 8.28. The minimum atomic E-state index is -1.12. The van der Waals surface area contributed by atoms with Gasteiger partial charge in [-0.05, 0) is 25.0 Å². The molecule has 0 saturated heterocycles. The molecule has 1 amide bonds. The fourth-order valence-corrected chi connectivity index (χ4v) is 1.92. The van der Waals surface area contributed by atoms with Crippen molar-refractivity contribution in [2.24, 2.45) is 5.92 Å². The van der Waals surface area contributed by atoms with E-state index in [1.165, 1.54) is 11.6 Å². The largest absolute Gasteiger partial charge is 0.489 e. The SMILES string of the molecule is CC(C)COc1cn(-c2ccccc2)nc1C(=O)N[C@H](C)C(=O)O. The number of carbonyl (C=O) groups is 2. The first-order valence-corrected chi connectivity index (χ1v) is 7.70. The third-order valence-corrected chi connectivity index (χ3v) is 3.21. The van der Waals surface area contributed by atoms with Gasteiger partial charge in [-0.1, -0.05) is 32.0 Å². The molecule has 7 heteroatoms. The molecule has 0 fully saturated rings. The summed E-state index contributed by atoms with van der Waals surface area (Å²) in [6.45, 7) is 5.81. The molecule has 0 spiro atoms. The first kappa shape index (κ1) is 17.5. The van der Waals surface area contributed by atoms with Crippen molar-refractivity contribution >= 4 is 11.9 Å². The Morgan fingerprint density at radius 2 is 1.92 bits per heavy atom. The van der Waals surface area contributed by atoms with Crippen molar-refractivity contribution in [3.05, 3.63) is 42.2 Å². The van der Waals surface area contributed by atoms with Gasteiger partial charge in [-0.25, -0.2) is 4.68 Å². The highest BCUT2D eigenvalue weighted by molar-refractivity contribution is 5.97. The molecule has 7 nitrogen and oxygen atoms in total. The molecule has 1 aromatic carbocycles. The average molecular weight is 331 g/mol. The van der Waals surface area contributed by atoms with Crippen LogP contribution in [0.3, 0.4) is 0 Å². The molecule has 128 valence electrons. The molecule has 0 unspecified atom stereocenters. The van der Waals surface area contributed by atoms with Crippen molar-refractivity contribution < 1.29 is 19.4 Å². The summed E-state index contributed by atoms with van der Waals surface area (Å²) in [6.07, 6.45) is 1.62. The van der Waals surface area contributed by atoms with Crippen LogP contribution in [0.5, 0.6) is 5.75 Å². The Kier molecular flexibility index (Phi) is 5.57. The highest BCUT2D eigenvalue weighted by Gasteiger charge is 2.22. The molecule has 0 aliphatic carbocycles. The first-order valence-electron chi connectivity index (χ1n) is 7.70. The zero-order valence-electron chi connectivity index (χ0n) is 13.9. The van der Waals surface area contributed by atoms with E-state index in [1.54, 1.807) is 6.20 Å². The topological polar surface area (TPSA) is 93.5 Å². The first-order chi connectivity index (χ1) is 11.4. The second kappa shape index (κ2) is 7.63. The molecule has 24 heavy (non-hydrogen) atoms. The van der Waals surface area contributed by atoms with E-state index in [4.69, 9.17) is 9.84 Å². The van der Waals surface area contributed by atoms with Crippen LogP contribution < -0.4 is 10.1 Å². The molecular weight excluding hydrogens is 310 g/mol. The molecule has 0 bridgehead atoms. The molecule has 0 aliphatic rings. The third kappa shape index (κ3) is 4.34. The fraction of sp³-hybridized carbons (Fsp3) is 0.353. The lowest BCUT2D eigenvalue weighted by molar-refractivity contribution is -0.138. The monoisotopic (exact) mass is 331 g/mol. The lowest BCUT2D eigenvalue weighted by atomic mass is 10.2. The number of hydrogen-bond acceptors (Lipinski definition) is 4. The van der Waals surface area contributed by atoms with Gasteiger partial charge < -0.3 is 15.2 Å². The fourth-order valence-electron chi connectivity index (χ4n) is 1.92. The van der Waals surface area contributed by atoms with E-state index in [0.717, 1.165) is 5.69 Å². The number of aromatic nitrogens is 2. The summed E-state index contributed by atoms with van der Waals surface area (Å²) < 4.78 is 7.21. The Hall–Kier alpha value is -2.83. The maximum absolute atomic E-state index is 12.3. The highest BCUT2D eigenvalue weighted by atomic mass is 16.5. The van der Waals surface area contributed by atoms with Gasteiger partial charge in [0.2, 0.25) is 0 Å². The quantitative estimate of drug-likeness (QED) is 0.810. The smallest absolute Gasteiger partial charge is 0.325 e. The van der Waals surface area contributed by atoms with Crippen molar-refractivity contribution in [1.82, 2.24) is 15.1 Å². The lowest BCUT2D eigenvalue weighted by Gasteiger charge is -2.10. The molecule has 2 rings (SSSR count). The summed E-state index contributed by atoms with van der Waals surface area (Å²) in [7, 11) is 0. The van der Waals surface area contributed by atoms with E-state index in [0.29, 0.717) is 12.4 Å². The van der Waals surface area contributed by atoms with E-state index < -0.39 is 17.9 Å². The Bertz CT molecular complexity index is 710. The van der Waals surface area contributed by atoms with Crippen LogP contribution in [0.1, 0.15) is 31.3 Å². The third-order valence-electron chi connectivity index (χ3n) is 3.21. The van der Waals surface area contributed by atoms with Crippen LogP contribution in [0, 0.1) is 5.92 Å². The van der Waals surface area contributed by atoms with Crippen molar-refractivity contribution in [3.63, 3.8) is 0 Å². The zero-order valence-corrected chi connectivity index (χ0v) is 13.9. The van der Waals surface area contributed by atoms with Crippen molar-refractivity contribution in [2.45, 2.75) is 26.8 Å². The molecule has 0 radical (unpaired) electrons. The lowest BCUT2D eigenvalue weighted by Crippen LogP contribution is -2.38. The van der Waals surface area contributed by atoms with Crippen molar-refractivity contribution in [2.75, 3.05) is 6.61 Å². The highest BCUT2D eigenvalue weighted by Crippen LogP contribution is 2.20. The summed E-state index contributed by atoms with van der Waals surface area (Å²) in [5, 5.41) is 15.6. The van der Waals surface area contributed by atoms with Gasteiger partial charge in [0.25, 0.3) is 5.91 Å². The van der Waals surface area contributed by atoms with Gasteiger partial charge in [0.15, 0.2) is 11.4 Å². The van der Waals surface area contributed by atoms with Crippen LogP contribution in [0.2, 0.25) is 0 Å². The maximum atomic E-state index is 12.3. The van der Waals surface area contributed by atoms with E-state index in [1.807, 2.05) is 44.2 Å². The predicted molar refractivity (Wildman–Crippen MR) is 88.5 cm³/mol. The number of rotatable bonds is 7. The zero-order chi connectivity index (χ0) is 17.7. The van der Waals surface area contributed by atoms with E-state index in [2.05, 4.69) is 10.4 Å². The average Bonchev–Trinajstić information content (AvgIpc) is 2.98. The normalized spacial score (nSPS) is 12.0. The van der Waals surface area contributed by atoms with Crippen LogP contribution >= 0.6 is 0 Å². The van der Waals surface area contributed by atoms with Crippen LogP contribution in [-0.2, 0) is 4.79 Å². The maximum Gasteiger partial charge on any atom is 0.325 e. The van der Waals surface area contributed by atoms with Crippen LogP contribution in [0.25, 0.3) is 5.69 Å². The number of nitrogens with zero attached hydrogens (tertiary/aromatic N) is 2. The molecular formula is C17H21N3O4. The van der Waals surface area contributed by atoms with E-state index >= 15 is 0 Å². The number of carboxylic acids is 1. The Morgan fingerprint density at radius 3 is 2.50 bits per heavy atom. The number of benzene rings is 1. The number of amides is 1. The number of ether oxygens (including phenoxy) is 1. The van der Waals surface area contributed by atoms with Gasteiger partial charge in [-0.15, -0.1) is 0 Å². The standard InChI is InChI=1S/C17H21N3O4/c1-11(2)10-24-14-9-20(13-7-5-4-6-8-13)19-15(14)16(21)18-12(3)17(22)23/h4-9,11-12H,10H2,1-3H3,(H,18,21)(H,22,23)/t12-/m1/s1. The second-order valence-electron chi connectivity index (χ2n) is 5.86. The Morgan fingerprint density at radius 1 is 1.25 bits per heavy atom.